The van der Waals surface area contributed by atoms with Gasteiger partial charge in [-0.1, -0.05) is 18.2 Å². The van der Waals surface area contributed by atoms with Gasteiger partial charge in [-0.2, -0.15) is 25.3 Å². The molecular formula is C20H18N2O11S3. The van der Waals surface area contributed by atoms with Gasteiger partial charge in [0.2, 0.25) is 0 Å². The topological polar surface area (TPSA) is 227 Å². The van der Waals surface area contributed by atoms with Gasteiger partial charge in [-0.25, -0.2) is 0 Å². The molecule has 4 aromatic carbocycles. The summed E-state index contributed by atoms with van der Waals surface area (Å²) >= 11 is 0. The van der Waals surface area contributed by atoms with E-state index >= 15 is 0 Å². The highest BCUT2D eigenvalue weighted by Crippen LogP contribution is 2.45. The average Bonchev–Trinajstić information content (AvgIpc) is 2.77. The van der Waals surface area contributed by atoms with Gasteiger partial charge in [0, 0.05) is 51.5 Å². The largest absolute Gasteiger partial charge is 0.483 e. The molecule has 0 unspecified atom stereocenters. The molecule has 0 saturated carbocycles. The molecule has 0 aromatic heterocycles. The minimum atomic E-state index is -5.03. The average molecular weight is 559 g/mol. The molecule has 0 radical (unpaired) electrons. The highest BCUT2D eigenvalue weighted by molar-refractivity contribution is 7.87. The molecule has 1 amide bonds. The second kappa shape index (κ2) is 8.77. The van der Waals surface area contributed by atoms with E-state index in [1.165, 1.54) is 12.1 Å². The summed E-state index contributed by atoms with van der Waals surface area (Å²) in [4.78, 5) is 9.59. The number of carbonyl (C=O) groups is 1. The zero-order chi connectivity index (χ0) is 26.6. The summed E-state index contributed by atoms with van der Waals surface area (Å²) < 4.78 is 108. The molecule has 0 saturated heterocycles. The second-order valence-electron chi connectivity index (χ2n) is 7.67. The Hall–Kier alpha value is -3.12. The Kier molecular flexibility index (Phi) is 6.32. The van der Waals surface area contributed by atoms with Gasteiger partial charge >= 0.3 is 0 Å². The fourth-order valence-electron chi connectivity index (χ4n) is 4.03. The lowest BCUT2D eigenvalue weighted by Gasteiger charge is -2.18. The molecule has 0 spiro atoms. The van der Waals surface area contributed by atoms with Crippen molar-refractivity contribution >= 4 is 68.6 Å². The normalized spacial score (nSPS) is 13.0. The van der Waals surface area contributed by atoms with Gasteiger partial charge in [0.15, 0.2) is 6.61 Å². The molecule has 13 nitrogen and oxygen atoms in total. The first-order valence-corrected chi connectivity index (χ1v) is 14.3. The molecule has 0 heterocycles. The Morgan fingerprint density at radius 1 is 0.750 bits per heavy atom. The number of amides is 1. The number of nitrogens with one attached hydrogen (secondary N) is 1. The van der Waals surface area contributed by atoms with Crippen LogP contribution in [0.1, 0.15) is 0 Å². The highest BCUT2D eigenvalue weighted by atomic mass is 32.2. The Labute approximate surface area is 204 Å². The molecule has 0 aliphatic heterocycles. The minimum Gasteiger partial charge on any atom is -0.483 e. The molecular weight excluding hydrogens is 540 g/mol. The van der Waals surface area contributed by atoms with Gasteiger partial charge in [-0.05, 0) is 12.1 Å². The molecule has 4 rings (SSSR count). The van der Waals surface area contributed by atoms with E-state index in [2.05, 4.69) is 5.32 Å². The smallest absolute Gasteiger partial charge is 0.295 e. The molecule has 6 N–H and O–H groups in total. The van der Waals surface area contributed by atoms with Crippen LogP contribution >= 0.6 is 0 Å². The fraction of sp³-hybridized carbons (Fsp3) is 0.150. The van der Waals surface area contributed by atoms with Crippen LogP contribution in [0.25, 0.3) is 32.3 Å². The second-order valence-corrected chi connectivity index (χ2v) is 11.8. The number of nitrogens with two attached hydrogens (primary N) is 1. The van der Waals surface area contributed by atoms with Crippen molar-refractivity contribution in [3.05, 3.63) is 36.4 Å². The van der Waals surface area contributed by atoms with E-state index in [1.807, 2.05) is 0 Å². The lowest BCUT2D eigenvalue weighted by molar-refractivity contribution is -0.123. The van der Waals surface area contributed by atoms with Crippen molar-refractivity contribution in [1.29, 1.82) is 0 Å². The van der Waals surface area contributed by atoms with Crippen LogP contribution in [-0.2, 0) is 35.1 Å². The van der Waals surface area contributed by atoms with E-state index in [-0.39, 0.29) is 51.2 Å². The number of benzene rings is 4. The first-order chi connectivity index (χ1) is 16.6. The van der Waals surface area contributed by atoms with Crippen LogP contribution in [-0.4, -0.2) is 64.5 Å². The Morgan fingerprint density at radius 2 is 1.17 bits per heavy atom. The maximum Gasteiger partial charge on any atom is 0.295 e. The van der Waals surface area contributed by atoms with Crippen LogP contribution in [0.2, 0.25) is 0 Å². The number of ether oxygens (including phenoxy) is 1. The van der Waals surface area contributed by atoms with Gasteiger partial charge in [-0.3, -0.25) is 18.5 Å². The summed E-state index contributed by atoms with van der Waals surface area (Å²) in [6, 6.07) is 6.35. The van der Waals surface area contributed by atoms with Crippen LogP contribution in [0.3, 0.4) is 0 Å². The molecule has 16 heteroatoms. The third-order valence-corrected chi connectivity index (χ3v) is 8.09. The van der Waals surface area contributed by atoms with E-state index < -0.39 is 57.6 Å². The minimum absolute atomic E-state index is 0.0621. The Morgan fingerprint density at radius 3 is 1.61 bits per heavy atom. The van der Waals surface area contributed by atoms with E-state index in [1.54, 1.807) is 0 Å². The maximum absolute atomic E-state index is 12.2. The standard InChI is InChI=1S/C20H18N2O11S3/c21-5-6-22-18(23)9-33-14-7-15(34(24,25)26)11-3-4-13-17(36(30,31)32)8-16(35(27,28)29)12-2-1-10(14)19(11)20(12)13/h1-4,7-8H,5-6,9,21H2,(H,22,23)(H,24,25,26)(H,27,28,29)(H,30,31,32). The third-order valence-electron chi connectivity index (χ3n) is 5.41. The quantitative estimate of drug-likeness (QED) is 0.149. The first-order valence-electron chi connectivity index (χ1n) is 9.95. The molecule has 0 bridgehead atoms. The van der Waals surface area contributed by atoms with Gasteiger partial charge in [0.1, 0.15) is 20.4 Å². The zero-order valence-electron chi connectivity index (χ0n) is 18.0. The van der Waals surface area contributed by atoms with Crippen LogP contribution in [0.4, 0.5) is 0 Å². The number of rotatable bonds is 8. The number of carbonyl (C=O) groups excluding carboxylic acids is 1. The lowest BCUT2D eigenvalue weighted by atomic mass is 9.93. The van der Waals surface area contributed by atoms with Crippen molar-refractivity contribution in [3.63, 3.8) is 0 Å². The predicted octanol–water partition coefficient (Wildman–Crippen LogP) is 0.778. The van der Waals surface area contributed by atoms with E-state index in [9.17, 15) is 43.7 Å². The van der Waals surface area contributed by atoms with Crippen molar-refractivity contribution < 1.29 is 48.4 Å². The fourth-order valence-corrected chi connectivity index (χ4v) is 6.24. The highest BCUT2D eigenvalue weighted by Gasteiger charge is 2.28. The van der Waals surface area contributed by atoms with E-state index in [0.29, 0.717) is 6.07 Å². The monoisotopic (exact) mass is 558 g/mol. The SMILES string of the molecule is NCCNC(=O)COc1cc(S(=O)(=O)O)c2ccc3c(S(=O)(=O)O)cc(S(=O)(=O)O)c4ccc1c2c43. The number of hydrogen-bond donors (Lipinski definition) is 5. The molecule has 0 fully saturated rings. The summed E-state index contributed by atoms with van der Waals surface area (Å²) in [5, 5.41) is 1.82. The summed E-state index contributed by atoms with van der Waals surface area (Å²) in [6.07, 6.45) is 0. The lowest BCUT2D eigenvalue weighted by Crippen LogP contribution is -2.32. The Bertz CT molecular complexity index is 1810. The van der Waals surface area contributed by atoms with Crippen LogP contribution in [0.15, 0.2) is 51.1 Å². The zero-order valence-corrected chi connectivity index (χ0v) is 20.4. The molecule has 0 aliphatic rings. The van der Waals surface area contributed by atoms with Gasteiger partial charge in [0.25, 0.3) is 36.3 Å². The van der Waals surface area contributed by atoms with Gasteiger partial charge in [0.05, 0.1) is 0 Å². The molecule has 192 valence electrons. The van der Waals surface area contributed by atoms with Gasteiger partial charge in [-0.15, -0.1) is 0 Å². The summed E-state index contributed by atoms with van der Waals surface area (Å²) in [5.41, 5.74) is 5.32. The molecule has 0 aliphatic carbocycles. The summed E-state index contributed by atoms with van der Waals surface area (Å²) in [6.45, 7) is -0.279. The third kappa shape index (κ3) is 4.55. The van der Waals surface area contributed by atoms with Crippen molar-refractivity contribution in [2.45, 2.75) is 14.7 Å². The van der Waals surface area contributed by atoms with Gasteiger partial charge < -0.3 is 15.8 Å². The summed E-state index contributed by atoms with van der Waals surface area (Å²) in [7, 11) is -15.0. The van der Waals surface area contributed by atoms with Crippen molar-refractivity contribution in [2.24, 2.45) is 5.73 Å². The van der Waals surface area contributed by atoms with Crippen LogP contribution < -0.4 is 15.8 Å². The van der Waals surface area contributed by atoms with Crippen molar-refractivity contribution in [3.8, 4) is 5.75 Å². The van der Waals surface area contributed by atoms with Crippen molar-refractivity contribution in [1.82, 2.24) is 5.32 Å². The van der Waals surface area contributed by atoms with Crippen LogP contribution in [0.5, 0.6) is 5.75 Å². The number of hydrogen-bond acceptors (Lipinski definition) is 9. The molecule has 4 aromatic rings. The summed E-state index contributed by atoms with van der Waals surface area (Å²) in [5.74, 6) is -0.806. The first kappa shape index (κ1) is 26.0. The molecule has 36 heavy (non-hydrogen) atoms. The predicted molar refractivity (Wildman–Crippen MR) is 127 cm³/mol. The van der Waals surface area contributed by atoms with E-state index in [4.69, 9.17) is 10.5 Å². The Balaban J connectivity index is 2.17. The van der Waals surface area contributed by atoms with E-state index in [0.717, 1.165) is 18.2 Å². The van der Waals surface area contributed by atoms with Crippen LogP contribution in [0, 0.1) is 0 Å². The van der Waals surface area contributed by atoms with Crippen molar-refractivity contribution in [2.75, 3.05) is 19.7 Å². The molecule has 0 atom stereocenters. The maximum atomic E-state index is 12.2.